The van der Waals surface area contributed by atoms with Gasteiger partial charge in [0.2, 0.25) is 0 Å². The van der Waals surface area contributed by atoms with Gasteiger partial charge in [0.05, 0.1) is 18.8 Å². The van der Waals surface area contributed by atoms with Crippen molar-refractivity contribution in [2.75, 3.05) is 31.6 Å². The van der Waals surface area contributed by atoms with Gasteiger partial charge in [0, 0.05) is 10.9 Å². The minimum absolute atomic E-state index is 0.0560. The minimum Gasteiger partial charge on any atom is -0.376 e. The van der Waals surface area contributed by atoms with Gasteiger partial charge in [0.25, 0.3) is 5.91 Å². The Morgan fingerprint density at radius 2 is 2.08 bits per heavy atom. The lowest BCUT2D eigenvalue weighted by atomic mass is 10.1. The largest absolute Gasteiger partial charge is 0.376 e. The van der Waals surface area contributed by atoms with E-state index < -0.39 is 5.91 Å². The van der Waals surface area contributed by atoms with Crippen molar-refractivity contribution in [2.24, 2.45) is 5.73 Å². The number of ether oxygens (including phenoxy) is 1. The number of nitrogens with two attached hydrogens (primary N) is 1. The minimum atomic E-state index is -0.507. The second-order valence-corrected chi connectivity index (χ2v) is 7.65. The van der Waals surface area contributed by atoms with Gasteiger partial charge in [0.1, 0.15) is 5.00 Å². The van der Waals surface area contributed by atoms with Crippen LogP contribution >= 0.6 is 11.3 Å². The number of primary amides is 1. The van der Waals surface area contributed by atoms with Crippen molar-refractivity contribution in [3.8, 4) is 0 Å². The van der Waals surface area contributed by atoms with Crippen molar-refractivity contribution in [3.63, 3.8) is 0 Å². The zero-order valence-electron chi connectivity index (χ0n) is 15.9. The third-order valence-corrected chi connectivity index (χ3v) is 5.80. The van der Waals surface area contributed by atoms with Crippen molar-refractivity contribution in [1.82, 2.24) is 10.2 Å². The zero-order chi connectivity index (χ0) is 19.1. The molecule has 7 nitrogen and oxygen atoms in total. The number of fused-ring (bicyclic) bond motifs is 1. The van der Waals surface area contributed by atoms with E-state index in [9.17, 15) is 9.59 Å². The van der Waals surface area contributed by atoms with Gasteiger partial charge < -0.3 is 20.7 Å². The standard InChI is InChI=1S/C18H30N4O3S/c1-4-22(5-2)9-6-7-12(3)20-18(24)21-17-15(16(19)23)13-8-10-25-11-14(13)26-17/h12H,4-11H2,1-3H3,(H2,19,23)(H2,20,21,24). The molecule has 0 radical (unpaired) electrons. The Balaban J connectivity index is 1.89. The van der Waals surface area contributed by atoms with Crippen LogP contribution < -0.4 is 16.4 Å². The molecule has 0 saturated carbocycles. The molecule has 1 aliphatic rings. The van der Waals surface area contributed by atoms with E-state index in [4.69, 9.17) is 10.5 Å². The fourth-order valence-electron chi connectivity index (χ4n) is 3.18. The smallest absolute Gasteiger partial charge is 0.320 e. The number of nitrogens with zero attached hydrogens (tertiary/aromatic N) is 1. The Morgan fingerprint density at radius 3 is 2.73 bits per heavy atom. The average molecular weight is 383 g/mol. The summed E-state index contributed by atoms with van der Waals surface area (Å²) in [6, 6.07) is -0.247. The Hall–Kier alpha value is -1.64. The number of hydrogen-bond donors (Lipinski definition) is 3. The van der Waals surface area contributed by atoms with E-state index in [-0.39, 0.29) is 12.1 Å². The van der Waals surface area contributed by atoms with E-state index >= 15 is 0 Å². The van der Waals surface area contributed by atoms with Crippen LogP contribution in [0.15, 0.2) is 0 Å². The summed E-state index contributed by atoms with van der Waals surface area (Å²) in [5, 5.41) is 6.26. The maximum absolute atomic E-state index is 12.3. The molecule has 1 aromatic heterocycles. The molecule has 0 aliphatic carbocycles. The highest BCUT2D eigenvalue weighted by Gasteiger charge is 2.25. The van der Waals surface area contributed by atoms with E-state index in [1.165, 1.54) is 11.3 Å². The van der Waals surface area contributed by atoms with Gasteiger partial charge in [0.15, 0.2) is 0 Å². The van der Waals surface area contributed by atoms with Gasteiger partial charge in [-0.05, 0) is 51.4 Å². The van der Waals surface area contributed by atoms with Crippen LogP contribution in [0.2, 0.25) is 0 Å². The quantitative estimate of drug-likeness (QED) is 0.611. The van der Waals surface area contributed by atoms with Crippen molar-refractivity contribution in [3.05, 3.63) is 16.0 Å². The topological polar surface area (TPSA) is 96.7 Å². The van der Waals surface area contributed by atoms with E-state index in [2.05, 4.69) is 29.4 Å². The molecule has 3 amide bonds. The second-order valence-electron chi connectivity index (χ2n) is 6.54. The van der Waals surface area contributed by atoms with Gasteiger partial charge in [-0.3, -0.25) is 10.1 Å². The Kier molecular flexibility index (Phi) is 7.86. The number of hydrogen-bond acceptors (Lipinski definition) is 5. The monoisotopic (exact) mass is 382 g/mol. The molecule has 2 rings (SSSR count). The molecule has 0 saturated heterocycles. The first-order valence-electron chi connectivity index (χ1n) is 9.28. The number of carbonyl (C=O) groups is 2. The molecular formula is C18H30N4O3S. The number of thiophene rings is 1. The lowest BCUT2D eigenvalue weighted by Crippen LogP contribution is -2.37. The molecule has 0 bridgehead atoms. The number of nitrogens with one attached hydrogen (secondary N) is 2. The first-order chi connectivity index (χ1) is 12.5. The summed E-state index contributed by atoms with van der Waals surface area (Å²) in [6.07, 6.45) is 2.58. The summed E-state index contributed by atoms with van der Waals surface area (Å²) < 4.78 is 5.42. The first kappa shape index (κ1) is 20.7. The van der Waals surface area contributed by atoms with Crippen LogP contribution in [0.4, 0.5) is 9.80 Å². The highest BCUT2D eigenvalue weighted by atomic mass is 32.1. The maximum atomic E-state index is 12.3. The highest BCUT2D eigenvalue weighted by Crippen LogP contribution is 2.36. The molecule has 26 heavy (non-hydrogen) atoms. The number of carbonyl (C=O) groups excluding carboxylic acids is 2. The van der Waals surface area contributed by atoms with E-state index in [1.807, 2.05) is 6.92 Å². The molecular weight excluding hydrogens is 352 g/mol. The van der Waals surface area contributed by atoms with Crippen LogP contribution in [0.3, 0.4) is 0 Å². The molecule has 146 valence electrons. The molecule has 0 spiro atoms. The highest BCUT2D eigenvalue weighted by molar-refractivity contribution is 7.17. The Morgan fingerprint density at radius 1 is 1.35 bits per heavy atom. The van der Waals surface area contributed by atoms with Gasteiger partial charge in [-0.2, -0.15) is 0 Å². The van der Waals surface area contributed by atoms with Gasteiger partial charge in [-0.1, -0.05) is 13.8 Å². The molecule has 4 N–H and O–H groups in total. The molecule has 2 heterocycles. The third kappa shape index (κ3) is 5.43. The van der Waals surface area contributed by atoms with Gasteiger partial charge >= 0.3 is 6.03 Å². The number of urea groups is 1. The lowest BCUT2D eigenvalue weighted by Gasteiger charge is -2.19. The molecule has 1 aliphatic heterocycles. The first-order valence-corrected chi connectivity index (χ1v) is 10.1. The van der Waals surface area contributed by atoms with E-state index in [1.54, 1.807) is 0 Å². The number of amides is 3. The van der Waals surface area contributed by atoms with Crippen molar-refractivity contribution < 1.29 is 14.3 Å². The van der Waals surface area contributed by atoms with Crippen LogP contribution in [0.25, 0.3) is 0 Å². The van der Waals surface area contributed by atoms with Crippen LogP contribution in [0.5, 0.6) is 0 Å². The molecule has 1 unspecified atom stereocenters. The number of rotatable bonds is 9. The van der Waals surface area contributed by atoms with Crippen LogP contribution in [0, 0.1) is 0 Å². The molecule has 1 aromatic rings. The molecule has 0 aromatic carbocycles. The van der Waals surface area contributed by atoms with Gasteiger partial charge in [-0.15, -0.1) is 11.3 Å². The summed E-state index contributed by atoms with van der Waals surface area (Å²) in [7, 11) is 0. The van der Waals surface area contributed by atoms with Gasteiger partial charge in [-0.25, -0.2) is 4.79 Å². The molecule has 1 atom stereocenters. The third-order valence-electron chi connectivity index (χ3n) is 4.68. The van der Waals surface area contributed by atoms with Crippen LogP contribution in [-0.2, 0) is 17.8 Å². The molecule has 0 fully saturated rings. The van der Waals surface area contributed by atoms with Crippen LogP contribution in [0.1, 0.15) is 54.4 Å². The second kappa shape index (κ2) is 9.89. The Bertz CT molecular complexity index is 628. The summed E-state index contributed by atoms with van der Waals surface area (Å²) in [5.74, 6) is -0.507. The summed E-state index contributed by atoms with van der Waals surface area (Å²) in [6.45, 7) is 10.4. The zero-order valence-corrected chi connectivity index (χ0v) is 16.7. The summed E-state index contributed by atoms with van der Waals surface area (Å²) in [5.41, 5.74) is 6.87. The Labute approximate surface area is 159 Å². The van der Waals surface area contributed by atoms with E-state index in [0.717, 1.165) is 42.9 Å². The fourth-order valence-corrected chi connectivity index (χ4v) is 4.36. The van der Waals surface area contributed by atoms with E-state index in [0.29, 0.717) is 30.2 Å². The number of anilines is 1. The summed E-state index contributed by atoms with van der Waals surface area (Å²) >= 11 is 1.37. The van der Waals surface area contributed by atoms with Crippen molar-refractivity contribution in [2.45, 2.75) is 52.7 Å². The predicted octanol–water partition coefficient (Wildman–Crippen LogP) is 2.55. The van der Waals surface area contributed by atoms with Crippen molar-refractivity contribution >= 4 is 28.3 Å². The summed E-state index contributed by atoms with van der Waals surface area (Å²) in [4.78, 5) is 27.5. The average Bonchev–Trinajstić information content (AvgIpc) is 2.96. The molecule has 8 heteroatoms. The fraction of sp³-hybridized carbons (Fsp3) is 0.667. The SMILES string of the molecule is CCN(CC)CCCC(C)NC(=O)Nc1sc2c(c1C(N)=O)CCOC2. The van der Waals surface area contributed by atoms with Crippen molar-refractivity contribution in [1.29, 1.82) is 0 Å². The maximum Gasteiger partial charge on any atom is 0.320 e. The predicted molar refractivity (Wildman–Crippen MR) is 105 cm³/mol. The van der Waals surface area contributed by atoms with Crippen LogP contribution in [-0.4, -0.2) is 49.1 Å². The lowest BCUT2D eigenvalue weighted by molar-refractivity contribution is 0.0991. The normalized spacial score (nSPS) is 14.8.